The van der Waals surface area contributed by atoms with Crippen molar-refractivity contribution in [2.75, 3.05) is 5.32 Å². The van der Waals surface area contributed by atoms with Gasteiger partial charge in [-0.1, -0.05) is 6.07 Å². The number of pyridine rings is 1. The average Bonchev–Trinajstić information content (AvgIpc) is 3.30. The highest BCUT2D eigenvalue weighted by molar-refractivity contribution is 5.92. The van der Waals surface area contributed by atoms with Crippen LogP contribution in [0.1, 0.15) is 41.9 Å². The molecule has 0 saturated heterocycles. The second kappa shape index (κ2) is 7.41. The second-order valence-corrected chi connectivity index (χ2v) is 7.32. The topological polar surface area (TPSA) is 76.2 Å². The van der Waals surface area contributed by atoms with Crippen molar-refractivity contribution < 1.29 is 18.0 Å². The van der Waals surface area contributed by atoms with Crippen molar-refractivity contribution in [1.29, 1.82) is 0 Å². The molecule has 1 amide bonds. The van der Waals surface area contributed by atoms with Gasteiger partial charge in [-0.15, -0.1) is 0 Å². The number of carbonyl (C=O) groups is 1. The molecule has 2 N–H and O–H groups in total. The lowest BCUT2D eigenvalue weighted by Crippen LogP contribution is -2.40. The molecule has 0 aromatic carbocycles. The molecular formula is C19H21F3N6O. The zero-order valence-electron chi connectivity index (χ0n) is 15.8. The molecule has 3 aromatic rings. The number of fused-ring (bicyclic) bond motifs is 1. The molecule has 0 radical (unpaired) electrons. The lowest BCUT2D eigenvalue weighted by molar-refractivity contribution is -0.140. The van der Waals surface area contributed by atoms with Gasteiger partial charge in [0.25, 0.3) is 5.91 Å². The van der Waals surface area contributed by atoms with Crippen LogP contribution in [0.5, 0.6) is 0 Å². The number of amides is 1. The van der Waals surface area contributed by atoms with Crippen LogP contribution in [0.4, 0.5) is 19.0 Å². The first-order chi connectivity index (χ1) is 13.8. The summed E-state index contributed by atoms with van der Waals surface area (Å²) in [5.41, 5.74) is -0.148. The fourth-order valence-electron chi connectivity index (χ4n) is 3.69. The molecule has 0 aliphatic heterocycles. The Morgan fingerprint density at radius 3 is 2.55 bits per heavy atom. The van der Waals surface area contributed by atoms with Crippen LogP contribution in [0.15, 0.2) is 36.9 Å². The first kappa shape index (κ1) is 19.3. The highest BCUT2D eigenvalue weighted by Gasteiger charge is 2.34. The molecule has 1 saturated carbocycles. The number of anilines is 1. The van der Waals surface area contributed by atoms with Crippen LogP contribution in [0.3, 0.4) is 0 Å². The van der Waals surface area contributed by atoms with Crippen LogP contribution in [0.25, 0.3) is 5.65 Å². The van der Waals surface area contributed by atoms with E-state index in [1.165, 1.54) is 10.6 Å². The summed E-state index contributed by atoms with van der Waals surface area (Å²) in [6.07, 6.45) is 2.82. The van der Waals surface area contributed by atoms with E-state index in [9.17, 15) is 18.0 Å². The molecule has 0 bridgehead atoms. The normalized spacial score (nSPS) is 20.0. The average molecular weight is 406 g/mol. The second-order valence-electron chi connectivity index (χ2n) is 7.32. The van der Waals surface area contributed by atoms with Gasteiger partial charge in [0.05, 0.1) is 12.5 Å². The molecule has 1 aliphatic rings. The first-order valence-electron chi connectivity index (χ1n) is 9.40. The molecule has 10 heteroatoms. The molecule has 0 atom stereocenters. The number of nitrogens with zero attached hydrogens (tertiary/aromatic N) is 4. The molecule has 0 unspecified atom stereocenters. The van der Waals surface area contributed by atoms with Crippen molar-refractivity contribution in [2.45, 2.75) is 43.9 Å². The van der Waals surface area contributed by atoms with Gasteiger partial charge >= 0.3 is 6.18 Å². The number of halogens is 3. The maximum absolute atomic E-state index is 13.0. The Balaban J connectivity index is 1.38. The van der Waals surface area contributed by atoms with Crippen molar-refractivity contribution in [3.8, 4) is 0 Å². The smallest absolute Gasteiger partial charge is 0.368 e. The SMILES string of the molecule is Cn1cncc1C(=O)NC1CCC(Nc2cccc3nc(C(F)(F)F)cn23)CC1. The van der Waals surface area contributed by atoms with Gasteiger partial charge in [0.1, 0.15) is 17.2 Å². The van der Waals surface area contributed by atoms with E-state index in [4.69, 9.17) is 0 Å². The minimum Gasteiger partial charge on any atom is -0.368 e. The molecule has 3 heterocycles. The number of carbonyl (C=O) groups excluding carboxylic acids is 1. The third kappa shape index (κ3) is 4.06. The maximum atomic E-state index is 13.0. The molecule has 1 fully saturated rings. The fraction of sp³-hybridized carbons (Fsp3) is 0.421. The van der Waals surface area contributed by atoms with E-state index < -0.39 is 11.9 Å². The monoisotopic (exact) mass is 406 g/mol. The van der Waals surface area contributed by atoms with E-state index in [0.29, 0.717) is 11.5 Å². The minimum atomic E-state index is -4.48. The van der Waals surface area contributed by atoms with Gasteiger partial charge < -0.3 is 15.2 Å². The van der Waals surface area contributed by atoms with Crippen molar-refractivity contribution in [2.24, 2.45) is 7.05 Å². The minimum absolute atomic E-state index is 0.0660. The molecule has 154 valence electrons. The first-order valence-corrected chi connectivity index (χ1v) is 9.40. The predicted molar refractivity (Wildman–Crippen MR) is 101 cm³/mol. The Morgan fingerprint density at radius 1 is 1.17 bits per heavy atom. The van der Waals surface area contributed by atoms with Crippen LogP contribution in [-0.4, -0.2) is 36.9 Å². The van der Waals surface area contributed by atoms with Crippen molar-refractivity contribution in [3.63, 3.8) is 0 Å². The molecule has 1 aliphatic carbocycles. The van der Waals surface area contributed by atoms with Crippen LogP contribution < -0.4 is 10.6 Å². The zero-order chi connectivity index (χ0) is 20.6. The third-order valence-corrected chi connectivity index (χ3v) is 5.25. The summed E-state index contributed by atoms with van der Waals surface area (Å²) >= 11 is 0. The zero-order valence-corrected chi connectivity index (χ0v) is 15.8. The van der Waals surface area contributed by atoms with Gasteiger partial charge in [-0.25, -0.2) is 9.97 Å². The Kier molecular flexibility index (Phi) is 4.93. The summed E-state index contributed by atoms with van der Waals surface area (Å²) in [6.45, 7) is 0. The third-order valence-electron chi connectivity index (χ3n) is 5.25. The lowest BCUT2D eigenvalue weighted by atomic mass is 9.91. The largest absolute Gasteiger partial charge is 0.434 e. The van der Waals surface area contributed by atoms with Crippen molar-refractivity contribution in [3.05, 3.63) is 48.3 Å². The van der Waals surface area contributed by atoms with Crippen LogP contribution >= 0.6 is 0 Å². The van der Waals surface area contributed by atoms with Gasteiger partial charge in [0.2, 0.25) is 0 Å². The molecule has 4 rings (SSSR count). The number of nitrogens with one attached hydrogen (secondary N) is 2. The fourth-order valence-corrected chi connectivity index (χ4v) is 3.69. The van der Waals surface area contributed by atoms with Crippen LogP contribution in [0, 0.1) is 0 Å². The van der Waals surface area contributed by atoms with Crippen LogP contribution in [-0.2, 0) is 13.2 Å². The number of imidazole rings is 2. The number of aryl methyl sites for hydroxylation is 1. The predicted octanol–water partition coefficient (Wildman–Crippen LogP) is 3.24. The van der Waals surface area contributed by atoms with Crippen molar-refractivity contribution in [1.82, 2.24) is 24.3 Å². The van der Waals surface area contributed by atoms with Gasteiger partial charge in [-0.2, -0.15) is 13.2 Å². The summed E-state index contributed by atoms with van der Waals surface area (Å²) in [6, 6.07) is 5.15. The van der Waals surface area contributed by atoms with E-state index in [1.54, 1.807) is 36.1 Å². The molecule has 3 aromatic heterocycles. The van der Waals surface area contributed by atoms with Crippen LogP contribution in [0.2, 0.25) is 0 Å². The Bertz CT molecular complexity index is 1020. The quantitative estimate of drug-likeness (QED) is 0.698. The summed E-state index contributed by atoms with van der Waals surface area (Å²) in [5, 5.41) is 6.36. The standard InChI is InChI=1S/C19H21F3N6O/c1-27-11-23-9-14(27)18(29)25-13-7-5-12(6-8-13)24-16-3-2-4-17-26-15(10-28(16)17)19(20,21)22/h2-4,9-13,24H,5-8H2,1H3,(H,25,29). The van der Waals surface area contributed by atoms with Gasteiger partial charge in [0.15, 0.2) is 5.69 Å². The highest BCUT2D eigenvalue weighted by atomic mass is 19.4. The number of hydrogen-bond acceptors (Lipinski definition) is 4. The molecule has 7 nitrogen and oxygen atoms in total. The van der Waals surface area contributed by atoms with E-state index in [-0.39, 0.29) is 23.6 Å². The summed E-state index contributed by atoms with van der Waals surface area (Å²) in [7, 11) is 1.77. The highest BCUT2D eigenvalue weighted by Crippen LogP contribution is 2.30. The summed E-state index contributed by atoms with van der Waals surface area (Å²) in [5.74, 6) is 0.428. The number of alkyl halides is 3. The maximum Gasteiger partial charge on any atom is 0.434 e. The Morgan fingerprint density at radius 2 is 1.90 bits per heavy atom. The Labute approximate surface area is 165 Å². The van der Waals surface area contributed by atoms with E-state index in [2.05, 4.69) is 20.6 Å². The molecule has 29 heavy (non-hydrogen) atoms. The number of aromatic nitrogens is 4. The van der Waals surface area contributed by atoms with Gasteiger partial charge in [-0.3, -0.25) is 9.20 Å². The number of hydrogen-bond donors (Lipinski definition) is 2. The molecular weight excluding hydrogens is 385 g/mol. The summed E-state index contributed by atoms with van der Waals surface area (Å²) in [4.78, 5) is 19.9. The lowest BCUT2D eigenvalue weighted by Gasteiger charge is -2.30. The van der Waals surface area contributed by atoms with E-state index in [1.807, 2.05) is 0 Å². The van der Waals surface area contributed by atoms with E-state index in [0.717, 1.165) is 31.9 Å². The summed E-state index contributed by atoms with van der Waals surface area (Å²) < 4.78 is 42.0. The Hall–Kier alpha value is -3.04. The van der Waals surface area contributed by atoms with E-state index >= 15 is 0 Å². The van der Waals surface area contributed by atoms with Gasteiger partial charge in [-0.05, 0) is 37.8 Å². The number of rotatable bonds is 4. The van der Waals surface area contributed by atoms with Gasteiger partial charge in [0, 0.05) is 25.3 Å². The molecule has 0 spiro atoms. The van der Waals surface area contributed by atoms with Crippen molar-refractivity contribution >= 4 is 17.4 Å².